The molecule has 0 unspecified atom stereocenters. The van der Waals surface area contributed by atoms with Gasteiger partial charge in [-0.2, -0.15) is 4.98 Å². The molecule has 0 atom stereocenters. The number of aryl methyl sites for hydroxylation is 2. The quantitative estimate of drug-likeness (QED) is 0.475. The first-order valence-electron chi connectivity index (χ1n) is 10.6. The van der Waals surface area contributed by atoms with Gasteiger partial charge in [0.05, 0.1) is 6.54 Å². The van der Waals surface area contributed by atoms with E-state index in [1.54, 1.807) is 23.5 Å². The first-order valence-corrected chi connectivity index (χ1v) is 11.8. The summed E-state index contributed by atoms with van der Waals surface area (Å²) in [5.41, 5.74) is 1.60. The minimum absolute atomic E-state index is 0.0328. The largest absolute Gasteiger partial charge is 0.340 e. The van der Waals surface area contributed by atoms with Crippen molar-refractivity contribution in [3.63, 3.8) is 0 Å². The fourth-order valence-electron chi connectivity index (χ4n) is 3.80. The Morgan fingerprint density at radius 2 is 1.81 bits per heavy atom. The Balaban J connectivity index is 1.23. The molecule has 32 heavy (non-hydrogen) atoms. The lowest BCUT2D eigenvalue weighted by molar-refractivity contribution is -0.133. The predicted molar refractivity (Wildman–Crippen MR) is 124 cm³/mol. The van der Waals surface area contributed by atoms with Gasteiger partial charge in [0.1, 0.15) is 0 Å². The van der Waals surface area contributed by atoms with Crippen molar-refractivity contribution in [2.24, 2.45) is 0 Å². The third-order valence-electron chi connectivity index (χ3n) is 5.56. The Bertz CT molecular complexity index is 1100. The van der Waals surface area contributed by atoms with Gasteiger partial charge in [0, 0.05) is 64.9 Å². The second kappa shape index (κ2) is 9.94. The number of halogens is 1. The van der Waals surface area contributed by atoms with E-state index in [0.29, 0.717) is 36.4 Å². The lowest BCUT2D eigenvalue weighted by Crippen LogP contribution is -2.48. The summed E-state index contributed by atoms with van der Waals surface area (Å²) < 4.78 is 5.39. The van der Waals surface area contributed by atoms with E-state index < -0.39 is 0 Å². The third kappa shape index (κ3) is 5.43. The summed E-state index contributed by atoms with van der Waals surface area (Å²) in [6, 6.07) is 9.21. The van der Waals surface area contributed by atoms with Gasteiger partial charge in [0.2, 0.25) is 17.6 Å². The van der Waals surface area contributed by atoms with Gasteiger partial charge in [-0.3, -0.25) is 14.5 Å². The standard InChI is InChI=1S/C23H25ClN4O3S/c1-15-13-19(16(2)32-15)20(29)7-8-22(30)28-11-9-27(10-12-28)14-21-25-23(26-31-21)17-3-5-18(24)6-4-17/h3-6,13H,7-12,14H2,1-2H3. The topological polar surface area (TPSA) is 79.5 Å². The third-order valence-corrected chi connectivity index (χ3v) is 6.78. The van der Waals surface area contributed by atoms with E-state index >= 15 is 0 Å². The molecule has 0 N–H and O–H groups in total. The Morgan fingerprint density at radius 3 is 2.47 bits per heavy atom. The van der Waals surface area contributed by atoms with Crippen molar-refractivity contribution in [3.8, 4) is 11.4 Å². The Morgan fingerprint density at radius 1 is 1.09 bits per heavy atom. The van der Waals surface area contributed by atoms with Gasteiger partial charge in [-0.25, -0.2) is 0 Å². The number of hydrogen-bond acceptors (Lipinski definition) is 7. The van der Waals surface area contributed by atoms with Gasteiger partial charge in [-0.1, -0.05) is 16.8 Å². The van der Waals surface area contributed by atoms with Crippen LogP contribution in [0.1, 0.15) is 38.8 Å². The molecule has 7 nitrogen and oxygen atoms in total. The summed E-state index contributed by atoms with van der Waals surface area (Å²) in [5.74, 6) is 1.16. The van der Waals surface area contributed by atoms with Crippen LogP contribution in [-0.4, -0.2) is 57.8 Å². The highest BCUT2D eigenvalue weighted by Gasteiger charge is 2.23. The van der Waals surface area contributed by atoms with Gasteiger partial charge in [-0.05, 0) is 44.2 Å². The highest BCUT2D eigenvalue weighted by Crippen LogP contribution is 2.23. The van der Waals surface area contributed by atoms with Crippen molar-refractivity contribution in [2.75, 3.05) is 26.2 Å². The van der Waals surface area contributed by atoms with Crippen molar-refractivity contribution in [2.45, 2.75) is 33.2 Å². The lowest BCUT2D eigenvalue weighted by Gasteiger charge is -2.34. The molecule has 0 spiro atoms. The van der Waals surface area contributed by atoms with Crippen LogP contribution in [0, 0.1) is 13.8 Å². The molecule has 1 saturated heterocycles. The molecule has 2 aromatic heterocycles. The molecule has 1 aromatic carbocycles. The van der Waals surface area contributed by atoms with Crippen LogP contribution >= 0.6 is 22.9 Å². The summed E-state index contributed by atoms with van der Waals surface area (Å²) in [7, 11) is 0. The van der Waals surface area contributed by atoms with E-state index in [9.17, 15) is 9.59 Å². The van der Waals surface area contributed by atoms with Gasteiger partial charge in [0.15, 0.2) is 5.78 Å². The first kappa shape index (κ1) is 22.6. The van der Waals surface area contributed by atoms with Crippen LogP contribution in [0.4, 0.5) is 0 Å². The summed E-state index contributed by atoms with van der Waals surface area (Å²) >= 11 is 7.54. The first-order chi connectivity index (χ1) is 15.4. The van der Waals surface area contributed by atoms with Gasteiger partial charge < -0.3 is 9.42 Å². The molecule has 1 aliphatic rings. The average Bonchev–Trinajstić information content (AvgIpc) is 3.38. The number of carbonyl (C=O) groups excluding carboxylic acids is 2. The molecule has 3 aromatic rings. The lowest BCUT2D eigenvalue weighted by atomic mass is 10.1. The number of rotatable bonds is 7. The van der Waals surface area contributed by atoms with E-state index in [2.05, 4.69) is 15.0 Å². The SMILES string of the molecule is Cc1cc(C(=O)CCC(=O)N2CCN(Cc3nc(-c4ccc(Cl)cc4)no3)CC2)c(C)s1. The highest BCUT2D eigenvalue weighted by molar-refractivity contribution is 7.12. The van der Waals surface area contributed by atoms with Crippen LogP contribution in [0.2, 0.25) is 5.02 Å². The number of thiophene rings is 1. The number of aromatic nitrogens is 2. The number of carbonyl (C=O) groups is 2. The molecule has 1 amide bonds. The van der Waals surface area contributed by atoms with Crippen LogP contribution in [0.5, 0.6) is 0 Å². The second-order valence-electron chi connectivity index (χ2n) is 7.93. The minimum atomic E-state index is 0.0328. The molecular weight excluding hydrogens is 448 g/mol. The fourth-order valence-corrected chi connectivity index (χ4v) is 4.87. The number of piperazine rings is 1. The fraction of sp³-hybridized carbons (Fsp3) is 0.391. The van der Waals surface area contributed by atoms with E-state index in [1.807, 2.05) is 36.9 Å². The molecule has 0 bridgehead atoms. The van der Waals surface area contributed by atoms with E-state index in [0.717, 1.165) is 34.0 Å². The number of ketones is 1. The smallest absolute Gasteiger partial charge is 0.241 e. The summed E-state index contributed by atoms with van der Waals surface area (Å²) in [4.78, 5) is 35.7. The highest BCUT2D eigenvalue weighted by atomic mass is 35.5. The molecule has 168 valence electrons. The van der Waals surface area contributed by atoms with Crippen LogP contribution in [0.3, 0.4) is 0 Å². The van der Waals surface area contributed by atoms with E-state index in [-0.39, 0.29) is 24.5 Å². The van der Waals surface area contributed by atoms with Crippen molar-refractivity contribution in [1.82, 2.24) is 19.9 Å². The second-order valence-corrected chi connectivity index (χ2v) is 9.82. The van der Waals surface area contributed by atoms with Crippen LogP contribution in [0.15, 0.2) is 34.9 Å². The molecule has 9 heteroatoms. The normalized spacial score (nSPS) is 14.7. The molecule has 4 rings (SSSR count). The Hall–Kier alpha value is -2.55. The zero-order valence-corrected chi connectivity index (χ0v) is 19.7. The van der Waals surface area contributed by atoms with Crippen LogP contribution in [0.25, 0.3) is 11.4 Å². The monoisotopic (exact) mass is 472 g/mol. The molecule has 0 saturated carbocycles. The minimum Gasteiger partial charge on any atom is -0.340 e. The van der Waals surface area contributed by atoms with Gasteiger partial charge in [-0.15, -0.1) is 11.3 Å². The van der Waals surface area contributed by atoms with Gasteiger partial charge in [0.25, 0.3) is 0 Å². The summed E-state index contributed by atoms with van der Waals surface area (Å²) in [6.07, 6.45) is 0.507. The van der Waals surface area contributed by atoms with Crippen LogP contribution in [-0.2, 0) is 11.3 Å². The average molecular weight is 473 g/mol. The Labute approximate surface area is 196 Å². The molecule has 0 aliphatic carbocycles. The maximum absolute atomic E-state index is 12.6. The van der Waals surface area contributed by atoms with Gasteiger partial charge >= 0.3 is 0 Å². The zero-order chi connectivity index (χ0) is 22.7. The molecule has 3 heterocycles. The number of Topliss-reactive ketones (excluding diaryl/α,β-unsaturated/α-hetero) is 1. The van der Waals surface area contributed by atoms with Crippen molar-refractivity contribution in [1.29, 1.82) is 0 Å². The number of benzene rings is 1. The van der Waals surface area contributed by atoms with Crippen molar-refractivity contribution >= 4 is 34.6 Å². The zero-order valence-electron chi connectivity index (χ0n) is 18.1. The maximum Gasteiger partial charge on any atom is 0.241 e. The number of hydrogen-bond donors (Lipinski definition) is 0. The summed E-state index contributed by atoms with van der Waals surface area (Å²) in [5, 5.41) is 4.70. The van der Waals surface area contributed by atoms with E-state index in [4.69, 9.17) is 16.1 Å². The molecule has 1 aliphatic heterocycles. The molecular formula is C23H25ClN4O3S. The maximum atomic E-state index is 12.6. The molecule has 1 fully saturated rings. The molecule has 0 radical (unpaired) electrons. The van der Waals surface area contributed by atoms with Crippen LogP contribution < -0.4 is 0 Å². The predicted octanol–water partition coefficient (Wildman–Crippen LogP) is 4.38. The number of nitrogens with zero attached hydrogens (tertiary/aromatic N) is 4. The van der Waals surface area contributed by atoms with E-state index in [1.165, 1.54) is 0 Å². The Kier molecular flexibility index (Phi) is 7.03. The van der Waals surface area contributed by atoms with Crippen molar-refractivity contribution in [3.05, 3.63) is 56.6 Å². The van der Waals surface area contributed by atoms with Crippen molar-refractivity contribution < 1.29 is 14.1 Å². The number of amides is 1. The summed E-state index contributed by atoms with van der Waals surface area (Å²) in [6.45, 7) is 7.18.